The molecule has 0 bridgehead atoms. The molecule has 0 aliphatic heterocycles. The van der Waals surface area contributed by atoms with Crippen LogP contribution < -0.4 is 0 Å². The van der Waals surface area contributed by atoms with Crippen LogP contribution in [0.1, 0.15) is 0 Å². The number of H-pyrrole nitrogens is 1. The molecule has 3 nitrogen and oxygen atoms in total. The SMILES string of the molecule is [CH3-].[V+2].[c-]1nc2cccnc2[nH]1. The van der Waals surface area contributed by atoms with Crippen molar-refractivity contribution >= 4 is 11.2 Å². The van der Waals surface area contributed by atoms with E-state index in [0.717, 1.165) is 11.2 Å². The summed E-state index contributed by atoms with van der Waals surface area (Å²) in [4.78, 5) is 10.6. The minimum absolute atomic E-state index is 0. The van der Waals surface area contributed by atoms with Gasteiger partial charge in [0.2, 0.25) is 0 Å². The molecule has 0 amide bonds. The summed E-state index contributed by atoms with van der Waals surface area (Å²) in [5.41, 5.74) is 1.65. The Labute approximate surface area is 77.1 Å². The Morgan fingerprint density at radius 2 is 2.27 bits per heavy atom. The monoisotopic (exact) mass is 184 g/mol. The van der Waals surface area contributed by atoms with E-state index in [0.29, 0.717) is 0 Å². The van der Waals surface area contributed by atoms with E-state index in [2.05, 4.69) is 21.3 Å². The molecule has 1 N–H and O–H groups in total. The van der Waals surface area contributed by atoms with E-state index in [1.807, 2.05) is 12.1 Å². The van der Waals surface area contributed by atoms with Gasteiger partial charge in [-0.05, 0) is 6.33 Å². The van der Waals surface area contributed by atoms with Crippen molar-refractivity contribution in [2.75, 3.05) is 0 Å². The standard InChI is InChI=1S/C6H4N3.CH3.V/c1-2-5-6(7-3-1)9-4-8-5;;/h1-3H,(H,7,8,9);1H3;/q2*-1;+2. The normalized spacial score (nSPS) is 8.36. The molecule has 0 aromatic carbocycles. The molecule has 0 aliphatic rings. The first-order valence-corrected chi connectivity index (χ1v) is 2.63. The molecule has 0 saturated carbocycles. The quantitative estimate of drug-likeness (QED) is 0.625. The van der Waals surface area contributed by atoms with Crippen LogP contribution in [0.25, 0.3) is 11.2 Å². The predicted octanol–water partition coefficient (Wildman–Crippen LogP) is 1.21. The predicted molar refractivity (Wildman–Crippen MR) is 39.1 cm³/mol. The van der Waals surface area contributed by atoms with Gasteiger partial charge in [0.1, 0.15) is 0 Å². The molecule has 0 atom stereocenters. The third kappa shape index (κ3) is 1.82. The van der Waals surface area contributed by atoms with Crippen LogP contribution in [-0.4, -0.2) is 15.0 Å². The molecular formula is C7H7N3V. The van der Waals surface area contributed by atoms with Crippen LogP contribution in [0.2, 0.25) is 0 Å². The molecule has 0 fully saturated rings. The van der Waals surface area contributed by atoms with E-state index >= 15 is 0 Å². The summed E-state index contributed by atoms with van der Waals surface area (Å²) in [5.74, 6) is 0. The minimum Gasteiger partial charge on any atom is -0.446 e. The fraction of sp³-hybridized carbons (Fsp3) is 0. The fourth-order valence-electron chi connectivity index (χ4n) is 0.724. The second-order valence-corrected chi connectivity index (χ2v) is 1.72. The molecule has 2 aromatic heterocycles. The molecule has 2 aromatic rings. The van der Waals surface area contributed by atoms with Crippen LogP contribution in [0, 0.1) is 13.8 Å². The summed E-state index contributed by atoms with van der Waals surface area (Å²) >= 11 is 0. The number of aromatic nitrogens is 3. The molecule has 0 unspecified atom stereocenters. The first-order chi connectivity index (χ1) is 4.47. The van der Waals surface area contributed by atoms with Gasteiger partial charge in [-0.2, -0.15) is 0 Å². The van der Waals surface area contributed by atoms with Crippen molar-refractivity contribution in [2.45, 2.75) is 0 Å². The smallest absolute Gasteiger partial charge is 0.446 e. The van der Waals surface area contributed by atoms with Gasteiger partial charge in [-0.1, -0.05) is 17.6 Å². The van der Waals surface area contributed by atoms with Crippen LogP contribution in [0.3, 0.4) is 0 Å². The van der Waals surface area contributed by atoms with Crippen molar-refractivity contribution in [3.63, 3.8) is 0 Å². The number of hydrogen-bond acceptors (Lipinski definition) is 2. The fourth-order valence-corrected chi connectivity index (χ4v) is 0.724. The summed E-state index contributed by atoms with van der Waals surface area (Å²) < 4.78 is 0. The van der Waals surface area contributed by atoms with Gasteiger partial charge < -0.3 is 22.4 Å². The van der Waals surface area contributed by atoms with Crippen molar-refractivity contribution in [1.29, 1.82) is 0 Å². The number of rotatable bonds is 0. The maximum atomic E-state index is 3.99. The van der Waals surface area contributed by atoms with Gasteiger partial charge >= 0.3 is 18.6 Å². The van der Waals surface area contributed by atoms with Crippen molar-refractivity contribution in [3.8, 4) is 0 Å². The Hall–Kier alpha value is -0.796. The van der Waals surface area contributed by atoms with Crippen LogP contribution >= 0.6 is 0 Å². The maximum Gasteiger partial charge on any atom is 2.00 e. The van der Waals surface area contributed by atoms with E-state index < -0.39 is 0 Å². The molecule has 11 heavy (non-hydrogen) atoms. The molecule has 1 radical (unpaired) electrons. The van der Waals surface area contributed by atoms with E-state index in [1.54, 1.807) is 6.20 Å². The summed E-state index contributed by atoms with van der Waals surface area (Å²) in [6.45, 7) is 0. The Morgan fingerprint density at radius 1 is 1.45 bits per heavy atom. The molecule has 0 saturated heterocycles. The third-order valence-electron chi connectivity index (χ3n) is 1.14. The van der Waals surface area contributed by atoms with Gasteiger partial charge in [-0.3, -0.25) is 0 Å². The van der Waals surface area contributed by atoms with E-state index in [9.17, 15) is 0 Å². The van der Waals surface area contributed by atoms with E-state index in [1.165, 1.54) is 0 Å². The molecular weight excluding hydrogens is 177 g/mol. The van der Waals surface area contributed by atoms with Crippen LogP contribution in [-0.2, 0) is 18.6 Å². The second kappa shape index (κ2) is 4.16. The zero-order chi connectivity index (χ0) is 6.10. The molecule has 0 aliphatic carbocycles. The summed E-state index contributed by atoms with van der Waals surface area (Å²) in [6, 6.07) is 3.73. The average Bonchev–Trinajstić information content (AvgIpc) is 2.33. The summed E-state index contributed by atoms with van der Waals surface area (Å²) in [7, 11) is 0. The third-order valence-corrected chi connectivity index (χ3v) is 1.14. The zero-order valence-corrected chi connectivity index (χ0v) is 7.47. The van der Waals surface area contributed by atoms with E-state index in [4.69, 9.17) is 0 Å². The van der Waals surface area contributed by atoms with Gasteiger partial charge in [-0.25, -0.2) is 0 Å². The maximum absolute atomic E-state index is 3.99. The largest absolute Gasteiger partial charge is 2.00 e. The average molecular weight is 184 g/mol. The van der Waals surface area contributed by atoms with Crippen LogP contribution in [0.5, 0.6) is 0 Å². The zero-order valence-electron chi connectivity index (χ0n) is 6.07. The Morgan fingerprint density at radius 3 is 3.00 bits per heavy atom. The van der Waals surface area contributed by atoms with Crippen LogP contribution in [0.15, 0.2) is 18.3 Å². The van der Waals surface area contributed by atoms with Gasteiger partial charge in [0.25, 0.3) is 0 Å². The molecule has 4 heteroatoms. The number of aromatic amines is 1. The Bertz CT molecular complexity index is 288. The van der Waals surface area contributed by atoms with Crippen molar-refractivity contribution < 1.29 is 18.6 Å². The number of nitrogens with zero attached hydrogens (tertiary/aromatic N) is 2. The Kier molecular flexibility index (Phi) is 3.86. The first-order valence-electron chi connectivity index (χ1n) is 2.63. The molecule has 2 rings (SSSR count). The summed E-state index contributed by atoms with van der Waals surface area (Å²) in [5, 5.41) is 0. The number of nitrogens with one attached hydrogen (secondary N) is 1. The number of pyridine rings is 1. The van der Waals surface area contributed by atoms with Crippen molar-refractivity contribution in [1.82, 2.24) is 15.0 Å². The number of fused-ring (bicyclic) bond motifs is 1. The van der Waals surface area contributed by atoms with Crippen LogP contribution in [0.4, 0.5) is 0 Å². The second-order valence-electron chi connectivity index (χ2n) is 1.72. The van der Waals surface area contributed by atoms with E-state index in [-0.39, 0.29) is 26.0 Å². The van der Waals surface area contributed by atoms with Crippen molar-refractivity contribution in [2.24, 2.45) is 0 Å². The Balaban J connectivity index is 0.000000500. The topological polar surface area (TPSA) is 41.6 Å². The van der Waals surface area contributed by atoms with Gasteiger partial charge in [0.05, 0.1) is 0 Å². The molecule has 55 valence electrons. The van der Waals surface area contributed by atoms with Gasteiger partial charge in [0, 0.05) is 11.8 Å². The van der Waals surface area contributed by atoms with Crippen molar-refractivity contribution in [3.05, 3.63) is 32.1 Å². The molecule has 2 heterocycles. The minimum atomic E-state index is 0. The molecule has 0 spiro atoms. The first kappa shape index (κ1) is 10.2. The summed E-state index contributed by atoms with van der Waals surface area (Å²) in [6.07, 6.45) is 4.32. The van der Waals surface area contributed by atoms with Gasteiger partial charge in [0.15, 0.2) is 0 Å². The number of imidazole rings is 1. The number of hydrogen-bond donors (Lipinski definition) is 1. The van der Waals surface area contributed by atoms with Gasteiger partial charge in [-0.15, -0.1) is 0 Å².